The first-order valence-corrected chi connectivity index (χ1v) is 5.96. The molecular formula is C14H18N2O2. The van der Waals surface area contributed by atoms with Crippen molar-refractivity contribution in [1.82, 2.24) is 10.3 Å². The average molecular weight is 246 g/mol. The van der Waals surface area contributed by atoms with Crippen molar-refractivity contribution in [2.45, 2.75) is 26.9 Å². The fraction of sp³-hybridized carbons (Fsp3) is 0.357. The van der Waals surface area contributed by atoms with Crippen molar-refractivity contribution in [3.63, 3.8) is 0 Å². The van der Waals surface area contributed by atoms with Gasteiger partial charge in [0.2, 0.25) is 5.89 Å². The molecule has 1 aromatic heterocycles. The van der Waals surface area contributed by atoms with Crippen LogP contribution in [-0.2, 0) is 13.1 Å². The molecule has 4 nitrogen and oxygen atoms in total. The lowest BCUT2D eigenvalue weighted by Crippen LogP contribution is -2.13. The number of hydrogen-bond donors (Lipinski definition) is 1. The molecule has 0 amide bonds. The van der Waals surface area contributed by atoms with Crippen LogP contribution in [0, 0.1) is 13.8 Å². The predicted molar refractivity (Wildman–Crippen MR) is 69.5 cm³/mol. The van der Waals surface area contributed by atoms with E-state index in [-0.39, 0.29) is 0 Å². The topological polar surface area (TPSA) is 47.3 Å². The van der Waals surface area contributed by atoms with Gasteiger partial charge in [0, 0.05) is 12.1 Å². The summed E-state index contributed by atoms with van der Waals surface area (Å²) in [6.45, 7) is 5.21. The van der Waals surface area contributed by atoms with Crippen LogP contribution in [0.2, 0.25) is 0 Å². The Morgan fingerprint density at radius 1 is 1.22 bits per heavy atom. The van der Waals surface area contributed by atoms with Crippen LogP contribution in [0.3, 0.4) is 0 Å². The highest BCUT2D eigenvalue weighted by molar-refractivity contribution is 5.32. The molecule has 0 saturated carbocycles. The predicted octanol–water partition coefficient (Wildman–Crippen LogP) is 2.59. The Balaban J connectivity index is 1.92. The first kappa shape index (κ1) is 12.6. The number of nitrogens with zero attached hydrogens (tertiary/aromatic N) is 1. The molecule has 0 aliphatic carbocycles. The van der Waals surface area contributed by atoms with E-state index in [9.17, 15) is 0 Å². The first-order valence-electron chi connectivity index (χ1n) is 5.96. The van der Waals surface area contributed by atoms with Crippen molar-refractivity contribution in [3.05, 3.63) is 47.2 Å². The second-order valence-corrected chi connectivity index (χ2v) is 4.16. The number of para-hydroxylation sites is 1. The van der Waals surface area contributed by atoms with E-state index in [4.69, 9.17) is 9.15 Å². The Hall–Kier alpha value is -1.81. The number of hydrogen-bond acceptors (Lipinski definition) is 4. The van der Waals surface area contributed by atoms with Gasteiger partial charge in [0.05, 0.1) is 19.3 Å². The van der Waals surface area contributed by atoms with Crippen LogP contribution >= 0.6 is 0 Å². The van der Waals surface area contributed by atoms with Crippen LogP contribution in [-0.4, -0.2) is 12.1 Å². The first-order chi connectivity index (χ1) is 8.70. The number of rotatable bonds is 5. The number of ether oxygens (including phenoxy) is 1. The van der Waals surface area contributed by atoms with Crippen LogP contribution in [0.4, 0.5) is 0 Å². The van der Waals surface area contributed by atoms with Gasteiger partial charge in [0.25, 0.3) is 0 Å². The van der Waals surface area contributed by atoms with Crippen LogP contribution in [0.1, 0.15) is 22.9 Å². The summed E-state index contributed by atoms with van der Waals surface area (Å²) < 4.78 is 10.8. The molecule has 1 N–H and O–H groups in total. The Labute approximate surface area is 107 Å². The summed E-state index contributed by atoms with van der Waals surface area (Å²) in [6, 6.07) is 7.95. The zero-order valence-electron chi connectivity index (χ0n) is 11.0. The Morgan fingerprint density at radius 2 is 2.00 bits per heavy atom. The van der Waals surface area contributed by atoms with Crippen LogP contribution in [0.5, 0.6) is 5.75 Å². The summed E-state index contributed by atoms with van der Waals surface area (Å²) >= 11 is 0. The highest BCUT2D eigenvalue weighted by Gasteiger charge is 2.06. The largest absolute Gasteiger partial charge is 0.496 e. The van der Waals surface area contributed by atoms with Gasteiger partial charge in [-0.3, -0.25) is 0 Å². The van der Waals surface area contributed by atoms with Gasteiger partial charge >= 0.3 is 0 Å². The average Bonchev–Trinajstić information content (AvgIpc) is 2.69. The highest BCUT2D eigenvalue weighted by atomic mass is 16.5. The van der Waals surface area contributed by atoms with Gasteiger partial charge < -0.3 is 14.5 Å². The number of oxazole rings is 1. The minimum absolute atomic E-state index is 0.618. The molecule has 0 aliphatic rings. The van der Waals surface area contributed by atoms with Crippen LogP contribution in [0.25, 0.3) is 0 Å². The molecule has 0 unspecified atom stereocenters. The summed E-state index contributed by atoms with van der Waals surface area (Å²) in [6.07, 6.45) is 0. The fourth-order valence-electron chi connectivity index (χ4n) is 1.77. The van der Waals surface area contributed by atoms with Crippen molar-refractivity contribution < 1.29 is 9.15 Å². The number of methoxy groups -OCH3 is 1. The standard InChI is InChI=1S/C14H18N2O2/c1-10-11(2)18-14(16-10)9-15-8-12-6-4-5-7-13(12)17-3/h4-7,15H,8-9H2,1-3H3. The van der Waals surface area contributed by atoms with E-state index in [1.54, 1.807) is 7.11 Å². The van der Waals surface area contributed by atoms with Gasteiger partial charge in [-0.15, -0.1) is 0 Å². The quantitative estimate of drug-likeness (QED) is 0.881. The smallest absolute Gasteiger partial charge is 0.208 e. The SMILES string of the molecule is COc1ccccc1CNCc1nc(C)c(C)o1. The second kappa shape index (κ2) is 5.69. The monoisotopic (exact) mass is 246 g/mol. The van der Waals surface area contributed by atoms with Crippen molar-refractivity contribution >= 4 is 0 Å². The molecular weight excluding hydrogens is 228 g/mol. The van der Waals surface area contributed by atoms with Gasteiger partial charge in [0.1, 0.15) is 11.5 Å². The Morgan fingerprint density at radius 3 is 2.67 bits per heavy atom. The zero-order chi connectivity index (χ0) is 13.0. The fourth-order valence-corrected chi connectivity index (χ4v) is 1.77. The molecule has 0 spiro atoms. The molecule has 0 fully saturated rings. The highest BCUT2D eigenvalue weighted by Crippen LogP contribution is 2.17. The van der Waals surface area contributed by atoms with Crippen molar-refractivity contribution in [2.75, 3.05) is 7.11 Å². The number of benzene rings is 1. The molecule has 0 atom stereocenters. The lowest BCUT2D eigenvalue weighted by Gasteiger charge is -2.08. The minimum Gasteiger partial charge on any atom is -0.496 e. The summed E-state index contributed by atoms with van der Waals surface area (Å²) in [5, 5.41) is 3.30. The van der Waals surface area contributed by atoms with E-state index < -0.39 is 0 Å². The summed E-state index contributed by atoms with van der Waals surface area (Å²) in [5.74, 6) is 2.49. The third kappa shape index (κ3) is 2.90. The Bertz CT molecular complexity index is 501. The van der Waals surface area contributed by atoms with Crippen LogP contribution in [0.15, 0.2) is 28.7 Å². The summed E-state index contributed by atoms with van der Waals surface area (Å²) in [5.41, 5.74) is 2.07. The van der Waals surface area contributed by atoms with Crippen molar-refractivity contribution in [2.24, 2.45) is 0 Å². The van der Waals surface area contributed by atoms with E-state index in [1.807, 2.05) is 38.1 Å². The lowest BCUT2D eigenvalue weighted by molar-refractivity contribution is 0.405. The van der Waals surface area contributed by atoms with E-state index >= 15 is 0 Å². The van der Waals surface area contributed by atoms with Gasteiger partial charge in [-0.25, -0.2) is 4.98 Å². The summed E-state index contributed by atoms with van der Waals surface area (Å²) in [4.78, 5) is 4.32. The van der Waals surface area contributed by atoms with E-state index in [1.165, 1.54) is 0 Å². The number of aryl methyl sites for hydroxylation is 2. The third-order valence-electron chi connectivity index (χ3n) is 2.86. The molecule has 0 saturated heterocycles. The molecule has 1 heterocycles. The van der Waals surface area contributed by atoms with Crippen molar-refractivity contribution in [3.8, 4) is 5.75 Å². The normalized spacial score (nSPS) is 10.6. The number of aromatic nitrogens is 1. The van der Waals surface area contributed by atoms with Gasteiger partial charge in [-0.2, -0.15) is 0 Å². The van der Waals surface area contributed by atoms with Crippen molar-refractivity contribution in [1.29, 1.82) is 0 Å². The van der Waals surface area contributed by atoms with Crippen LogP contribution < -0.4 is 10.1 Å². The van der Waals surface area contributed by atoms with Gasteiger partial charge in [-0.05, 0) is 19.9 Å². The molecule has 0 bridgehead atoms. The zero-order valence-corrected chi connectivity index (χ0v) is 11.0. The van der Waals surface area contributed by atoms with E-state index in [0.717, 1.165) is 35.2 Å². The lowest BCUT2D eigenvalue weighted by atomic mass is 10.2. The molecule has 0 aliphatic heterocycles. The second-order valence-electron chi connectivity index (χ2n) is 4.16. The van der Waals surface area contributed by atoms with E-state index in [0.29, 0.717) is 6.54 Å². The molecule has 96 valence electrons. The summed E-state index contributed by atoms with van der Waals surface area (Å²) in [7, 11) is 1.68. The minimum atomic E-state index is 0.618. The van der Waals surface area contributed by atoms with E-state index in [2.05, 4.69) is 10.3 Å². The third-order valence-corrected chi connectivity index (χ3v) is 2.86. The van der Waals surface area contributed by atoms with Gasteiger partial charge in [0.15, 0.2) is 0 Å². The molecule has 18 heavy (non-hydrogen) atoms. The van der Waals surface area contributed by atoms with Gasteiger partial charge in [-0.1, -0.05) is 18.2 Å². The maximum absolute atomic E-state index is 5.50. The number of nitrogens with one attached hydrogen (secondary N) is 1. The molecule has 0 radical (unpaired) electrons. The molecule has 2 rings (SSSR count). The molecule has 1 aromatic carbocycles. The molecule has 4 heteroatoms. The maximum atomic E-state index is 5.50. The molecule has 2 aromatic rings. The Kier molecular flexibility index (Phi) is 3.99. The maximum Gasteiger partial charge on any atom is 0.208 e.